The lowest BCUT2D eigenvalue weighted by atomic mass is 10.1. The summed E-state index contributed by atoms with van der Waals surface area (Å²) in [7, 11) is 1.66. The van der Waals surface area contributed by atoms with Crippen LogP contribution in [0.3, 0.4) is 0 Å². The fourth-order valence-corrected chi connectivity index (χ4v) is 2.63. The third kappa shape index (κ3) is 2.97. The van der Waals surface area contributed by atoms with Crippen LogP contribution in [0.15, 0.2) is 41.3 Å². The van der Waals surface area contributed by atoms with Crippen molar-refractivity contribution in [1.82, 2.24) is 4.98 Å². The average Bonchev–Trinajstić information content (AvgIpc) is 3.18. The summed E-state index contributed by atoms with van der Waals surface area (Å²) < 4.78 is 16.1. The first-order chi connectivity index (χ1) is 10.3. The van der Waals surface area contributed by atoms with E-state index in [0.717, 1.165) is 24.8 Å². The third-order valence-corrected chi connectivity index (χ3v) is 3.79. The maximum absolute atomic E-state index is 12.1. The van der Waals surface area contributed by atoms with Crippen LogP contribution in [0.5, 0.6) is 0 Å². The van der Waals surface area contributed by atoms with Crippen molar-refractivity contribution >= 4 is 5.97 Å². The van der Waals surface area contributed by atoms with Gasteiger partial charge in [-0.1, -0.05) is 12.1 Å². The summed E-state index contributed by atoms with van der Waals surface area (Å²) in [4.78, 5) is 16.0. The minimum atomic E-state index is -0.312. The zero-order valence-corrected chi connectivity index (χ0v) is 11.8. The predicted molar refractivity (Wildman–Crippen MR) is 75.8 cm³/mol. The maximum atomic E-state index is 12.1. The number of aromatic nitrogens is 1. The summed E-state index contributed by atoms with van der Waals surface area (Å²) in [5.74, 6) is 0.359. The minimum Gasteiger partial charge on any atom is -0.456 e. The monoisotopic (exact) mass is 287 g/mol. The van der Waals surface area contributed by atoms with Crippen LogP contribution in [-0.4, -0.2) is 30.3 Å². The largest absolute Gasteiger partial charge is 0.456 e. The lowest BCUT2D eigenvalue weighted by Crippen LogP contribution is -2.27. The molecule has 1 heterocycles. The molecule has 1 saturated carbocycles. The Kier molecular flexibility index (Phi) is 4.01. The molecule has 0 saturated heterocycles. The van der Waals surface area contributed by atoms with Crippen LogP contribution >= 0.6 is 0 Å². The average molecular weight is 287 g/mol. The molecule has 0 N–H and O–H groups in total. The Morgan fingerprint density at radius 2 is 2.00 bits per heavy atom. The van der Waals surface area contributed by atoms with Gasteiger partial charge in [-0.3, -0.25) is 0 Å². The fourth-order valence-electron chi connectivity index (χ4n) is 2.63. The molecule has 5 heteroatoms. The quantitative estimate of drug-likeness (QED) is 0.809. The number of esters is 1. The zero-order valence-electron chi connectivity index (χ0n) is 11.8. The smallest absolute Gasteiger partial charge is 0.338 e. The van der Waals surface area contributed by atoms with Crippen molar-refractivity contribution in [2.75, 3.05) is 7.11 Å². The van der Waals surface area contributed by atoms with Crippen LogP contribution in [-0.2, 0) is 9.47 Å². The van der Waals surface area contributed by atoms with Crippen molar-refractivity contribution < 1.29 is 18.7 Å². The standard InChI is InChI=1S/C16H17NO4/c1-19-13-3-2-4-14(13)21-16(18)12-7-5-11(6-8-12)15-9-17-10-20-15/h5-10,13-14H,2-4H2,1H3/t13-,14-/m0/s1. The summed E-state index contributed by atoms with van der Waals surface area (Å²) in [6.45, 7) is 0. The highest BCUT2D eigenvalue weighted by atomic mass is 16.6. The van der Waals surface area contributed by atoms with E-state index in [-0.39, 0.29) is 18.2 Å². The molecule has 1 fully saturated rings. The molecule has 0 unspecified atom stereocenters. The number of oxazole rings is 1. The molecule has 21 heavy (non-hydrogen) atoms. The van der Waals surface area contributed by atoms with Crippen LogP contribution in [0.25, 0.3) is 11.3 Å². The number of benzene rings is 1. The first-order valence-corrected chi connectivity index (χ1v) is 7.00. The van der Waals surface area contributed by atoms with Crippen LogP contribution < -0.4 is 0 Å². The maximum Gasteiger partial charge on any atom is 0.338 e. The van der Waals surface area contributed by atoms with E-state index in [1.165, 1.54) is 6.39 Å². The third-order valence-electron chi connectivity index (χ3n) is 3.79. The summed E-state index contributed by atoms with van der Waals surface area (Å²) >= 11 is 0. The summed E-state index contributed by atoms with van der Waals surface area (Å²) in [5, 5.41) is 0. The van der Waals surface area contributed by atoms with Gasteiger partial charge in [0.2, 0.25) is 0 Å². The molecule has 0 amide bonds. The van der Waals surface area contributed by atoms with E-state index in [4.69, 9.17) is 13.9 Å². The van der Waals surface area contributed by atoms with Gasteiger partial charge in [0.05, 0.1) is 17.9 Å². The molecule has 1 aromatic carbocycles. The van der Waals surface area contributed by atoms with Crippen LogP contribution in [0, 0.1) is 0 Å². The molecule has 0 spiro atoms. The minimum absolute atomic E-state index is 0.0161. The molecule has 0 aliphatic heterocycles. The second kappa shape index (κ2) is 6.10. The second-order valence-corrected chi connectivity index (χ2v) is 5.09. The van der Waals surface area contributed by atoms with E-state index in [1.54, 1.807) is 25.4 Å². The van der Waals surface area contributed by atoms with Gasteiger partial charge in [0.15, 0.2) is 12.2 Å². The first-order valence-electron chi connectivity index (χ1n) is 7.00. The molecular weight excluding hydrogens is 270 g/mol. The van der Waals surface area contributed by atoms with Crippen molar-refractivity contribution in [3.63, 3.8) is 0 Å². The fraction of sp³-hybridized carbons (Fsp3) is 0.375. The van der Waals surface area contributed by atoms with E-state index in [9.17, 15) is 4.79 Å². The number of methoxy groups -OCH3 is 1. The van der Waals surface area contributed by atoms with E-state index in [2.05, 4.69) is 4.98 Å². The molecule has 0 bridgehead atoms. The number of ether oxygens (including phenoxy) is 2. The molecular formula is C16H17NO4. The van der Waals surface area contributed by atoms with E-state index in [0.29, 0.717) is 11.3 Å². The number of nitrogens with zero attached hydrogens (tertiary/aromatic N) is 1. The number of rotatable bonds is 4. The molecule has 1 aliphatic carbocycles. The zero-order chi connectivity index (χ0) is 14.7. The van der Waals surface area contributed by atoms with Gasteiger partial charge in [0.25, 0.3) is 0 Å². The predicted octanol–water partition coefficient (Wildman–Crippen LogP) is 3.07. The van der Waals surface area contributed by atoms with Gasteiger partial charge in [-0.2, -0.15) is 0 Å². The van der Waals surface area contributed by atoms with Crippen molar-refractivity contribution in [3.8, 4) is 11.3 Å². The highest BCUT2D eigenvalue weighted by molar-refractivity contribution is 5.90. The van der Waals surface area contributed by atoms with Crippen molar-refractivity contribution in [3.05, 3.63) is 42.4 Å². The van der Waals surface area contributed by atoms with Gasteiger partial charge in [0, 0.05) is 12.7 Å². The highest BCUT2D eigenvalue weighted by Crippen LogP contribution is 2.26. The summed E-state index contributed by atoms with van der Waals surface area (Å²) in [5.41, 5.74) is 1.40. The van der Waals surface area contributed by atoms with Crippen molar-refractivity contribution in [2.24, 2.45) is 0 Å². The number of hydrogen-bond acceptors (Lipinski definition) is 5. The second-order valence-electron chi connectivity index (χ2n) is 5.09. The molecule has 1 aliphatic rings. The molecule has 0 radical (unpaired) electrons. The molecule has 3 rings (SSSR count). The summed E-state index contributed by atoms with van der Waals surface area (Å²) in [6, 6.07) is 7.10. The van der Waals surface area contributed by atoms with Crippen LogP contribution in [0.2, 0.25) is 0 Å². The normalized spacial score (nSPS) is 21.4. The first kappa shape index (κ1) is 13.8. The molecule has 2 aromatic rings. The molecule has 1 aromatic heterocycles. The molecule has 110 valence electrons. The highest BCUT2D eigenvalue weighted by Gasteiger charge is 2.30. The summed E-state index contributed by atoms with van der Waals surface area (Å²) in [6.07, 6.45) is 5.72. The number of carbonyl (C=O) groups excluding carboxylic acids is 1. The van der Waals surface area contributed by atoms with Crippen molar-refractivity contribution in [2.45, 2.75) is 31.5 Å². The van der Waals surface area contributed by atoms with Gasteiger partial charge >= 0.3 is 5.97 Å². The topological polar surface area (TPSA) is 61.6 Å². The van der Waals surface area contributed by atoms with Gasteiger partial charge in [-0.05, 0) is 31.4 Å². The molecule has 2 atom stereocenters. The van der Waals surface area contributed by atoms with Crippen LogP contribution in [0.4, 0.5) is 0 Å². The lowest BCUT2D eigenvalue weighted by molar-refractivity contribution is -0.0206. The van der Waals surface area contributed by atoms with E-state index < -0.39 is 0 Å². The SMILES string of the molecule is CO[C@H]1CCC[C@@H]1OC(=O)c1ccc(-c2cnco2)cc1. The Balaban J connectivity index is 1.68. The van der Waals surface area contributed by atoms with Crippen LogP contribution in [0.1, 0.15) is 29.6 Å². The van der Waals surface area contributed by atoms with E-state index >= 15 is 0 Å². The Morgan fingerprint density at radius 1 is 1.24 bits per heavy atom. The molecule has 5 nitrogen and oxygen atoms in total. The van der Waals surface area contributed by atoms with E-state index in [1.807, 2.05) is 12.1 Å². The Hall–Kier alpha value is -2.14. The lowest BCUT2D eigenvalue weighted by Gasteiger charge is -2.18. The van der Waals surface area contributed by atoms with Gasteiger partial charge in [-0.15, -0.1) is 0 Å². The number of hydrogen-bond donors (Lipinski definition) is 0. The Morgan fingerprint density at radius 3 is 2.67 bits per heavy atom. The Bertz CT molecular complexity index is 591. The Labute approximate surface area is 122 Å². The van der Waals surface area contributed by atoms with Gasteiger partial charge in [0.1, 0.15) is 6.10 Å². The number of carbonyl (C=O) groups is 1. The van der Waals surface area contributed by atoms with Gasteiger partial charge < -0.3 is 13.9 Å². The van der Waals surface area contributed by atoms with Gasteiger partial charge in [-0.25, -0.2) is 9.78 Å². The van der Waals surface area contributed by atoms with Crippen molar-refractivity contribution in [1.29, 1.82) is 0 Å².